The van der Waals surface area contributed by atoms with Gasteiger partial charge in [0.15, 0.2) is 6.29 Å². The first-order valence-corrected chi connectivity index (χ1v) is 12.0. The Morgan fingerprint density at radius 3 is 2.31 bits per heavy atom. The van der Waals surface area contributed by atoms with Crippen LogP contribution in [0.2, 0.25) is 0 Å². The van der Waals surface area contributed by atoms with Crippen LogP contribution in [0.15, 0.2) is 84.9 Å². The van der Waals surface area contributed by atoms with Gasteiger partial charge in [-0.15, -0.1) is 0 Å². The van der Waals surface area contributed by atoms with Gasteiger partial charge < -0.3 is 19.5 Å². The molecule has 0 spiro atoms. The maximum absolute atomic E-state index is 13.1. The molecule has 0 bridgehead atoms. The Morgan fingerprint density at radius 2 is 1.56 bits per heavy atom. The van der Waals surface area contributed by atoms with Gasteiger partial charge in [0.2, 0.25) is 0 Å². The number of benzene rings is 3. The van der Waals surface area contributed by atoms with Crippen LogP contribution in [0, 0.1) is 5.92 Å². The van der Waals surface area contributed by atoms with Crippen LogP contribution in [0.3, 0.4) is 0 Å². The Labute approximate surface area is 209 Å². The average Bonchev–Trinajstić information content (AvgIpc) is 2.94. The van der Waals surface area contributed by atoms with Crippen LogP contribution < -0.4 is 5.32 Å². The SMILES string of the molecule is O=Cc1ccccc1C(=O)NC1COC2COC(c3ccccc3)C[C@H]2[C@@H]1OC(=O)c1ccccc1. The third kappa shape index (κ3) is 5.08. The molecule has 0 radical (unpaired) electrons. The average molecular weight is 486 g/mol. The Hall–Kier alpha value is -3.81. The zero-order valence-electron chi connectivity index (χ0n) is 19.6. The van der Waals surface area contributed by atoms with Gasteiger partial charge in [0.05, 0.1) is 37.0 Å². The summed E-state index contributed by atoms with van der Waals surface area (Å²) in [6, 6.07) is 24.7. The standard InChI is InChI=1S/C29H27NO6/c31-16-21-13-7-8-14-22(21)28(32)30-24-17-34-26-18-35-25(19-9-3-1-4-10-19)15-23(26)27(24)36-29(33)20-11-5-2-6-12-20/h1-14,16,23-27H,15,17-18H2,(H,30,32)/t23-,24?,25?,26?,27+/m1/s1. The third-order valence-electron chi connectivity index (χ3n) is 6.81. The molecule has 3 aromatic rings. The fraction of sp³-hybridized carbons (Fsp3) is 0.276. The van der Waals surface area contributed by atoms with Crippen molar-refractivity contribution in [1.29, 1.82) is 0 Å². The van der Waals surface area contributed by atoms with E-state index in [4.69, 9.17) is 14.2 Å². The largest absolute Gasteiger partial charge is 0.456 e. The predicted molar refractivity (Wildman–Crippen MR) is 132 cm³/mol. The summed E-state index contributed by atoms with van der Waals surface area (Å²) in [7, 11) is 0. The lowest BCUT2D eigenvalue weighted by Gasteiger charge is -2.46. The van der Waals surface area contributed by atoms with Crippen molar-refractivity contribution < 1.29 is 28.6 Å². The van der Waals surface area contributed by atoms with Crippen LogP contribution in [0.25, 0.3) is 0 Å². The molecule has 7 heteroatoms. The number of hydrogen-bond donors (Lipinski definition) is 1. The molecule has 3 aromatic carbocycles. The Morgan fingerprint density at radius 1 is 0.861 bits per heavy atom. The lowest BCUT2D eigenvalue weighted by molar-refractivity contribution is -0.183. The number of carbonyl (C=O) groups excluding carboxylic acids is 3. The number of aldehydes is 1. The van der Waals surface area contributed by atoms with E-state index in [2.05, 4.69) is 5.32 Å². The van der Waals surface area contributed by atoms with Gasteiger partial charge in [-0.05, 0) is 30.2 Å². The molecule has 0 saturated carbocycles. The predicted octanol–water partition coefficient (Wildman–Crippen LogP) is 4.00. The van der Waals surface area contributed by atoms with E-state index in [0.717, 1.165) is 5.56 Å². The molecule has 5 rings (SSSR count). The Bertz CT molecular complexity index is 1210. The van der Waals surface area contributed by atoms with Crippen LogP contribution in [-0.4, -0.2) is 49.6 Å². The second kappa shape index (κ2) is 10.8. The number of hydrogen-bond acceptors (Lipinski definition) is 6. The summed E-state index contributed by atoms with van der Waals surface area (Å²) in [5.74, 6) is -1.08. The first-order valence-electron chi connectivity index (χ1n) is 12.0. The molecule has 1 amide bonds. The molecule has 2 saturated heterocycles. The van der Waals surface area contributed by atoms with E-state index in [0.29, 0.717) is 24.9 Å². The van der Waals surface area contributed by atoms with E-state index in [9.17, 15) is 14.4 Å². The Balaban J connectivity index is 1.42. The highest BCUT2D eigenvalue weighted by Crippen LogP contribution is 2.39. The summed E-state index contributed by atoms with van der Waals surface area (Å²) < 4.78 is 18.3. The van der Waals surface area contributed by atoms with Crippen LogP contribution in [0.5, 0.6) is 0 Å². The molecule has 2 aliphatic heterocycles. The molecule has 2 aliphatic rings. The van der Waals surface area contributed by atoms with Gasteiger partial charge >= 0.3 is 5.97 Å². The van der Waals surface area contributed by atoms with Crippen molar-refractivity contribution in [1.82, 2.24) is 5.32 Å². The highest BCUT2D eigenvalue weighted by molar-refractivity contribution is 6.01. The van der Waals surface area contributed by atoms with Crippen molar-refractivity contribution >= 4 is 18.2 Å². The monoisotopic (exact) mass is 485 g/mol. The fourth-order valence-corrected chi connectivity index (χ4v) is 4.95. The lowest BCUT2D eigenvalue weighted by Crippen LogP contribution is -2.60. The molecule has 0 aromatic heterocycles. The highest BCUT2D eigenvalue weighted by atomic mass is 16.6. The number of ether oxygens (including phenoxy) is 3. The topological polar surface area (TPSA) is 90.9 Å². The Kier molecular flexibility index (Phi) is 7.21. The molecular weight excluding hydrogens is 458 g/mol. The highest BCUT2D eigenvalue weighted by Gasteiger charge is 2.47. The smallest absolute Gasteiger partial charge is 0.338 e. The molecule has 2 heterocycles. The minimum atomic E-state index is -0.640. The molecule has 184 valence electrons. The summed E-state index contributed by atoms with van der Waals surface area (Å²) in [6.45, 7) is 0.514. The minimum Gasteiger partial charge on any atom is -0.456 e. The molecule has 3 unspecified atom stereocenters. The fourth-order valence-electron chi connectivity index (χ4n) is 4.95. The number of esters is 1. The number of nitrogens with one attached hydrogen (secondary N) is 1. The van der Waals surface area contributed by atoms with E-state index in [-0.39, 0.29) is 35.9 Å². The van der Waals surface area contributed by atoms with Crippen molar-refractivity contribution in [2.45, 2.75) is 30.8 Å². The molecule has 1 N–H and O–H groups in total. The van der Waals surface area contributed by atoms with E-state index in [1.54, 1.807) is 48.5 Å². The second-order valence-electron chi connectivity index (χ2n) is 9.03. The van der Waals surface area contributed by atoms with E-state index < -0.39 is 24.0 Å². The molecule has 0 aliphatic carbocycles. The van der Waals surface area contributed by atoms with Crippen molar-refractivity contribution in [3.8, 4) is 0 Å². The van der Waals surface area contributed by atoms with E-state index in [1.165, 1.54) is 0 Å². The molecule has 5 atom stereocenters. The zero-order valence-corrected chi connectivity index (χ0v) is 19.6. The number of carbonyl (C=O) groups is 3. The third-order valence-corrected chi connectivity index (χ3v) is 6.81. The quantitative estimate of drug-likeness (QED) is 0.419. The minimum absolute atomic E-state index is 0.155. The van der Waals surface area contributed by atoms with E-state index in [1.807, 2.05) is 36.4 Å². The first kappa shape index (κ1) is 23.9. The molecule has 7 nitrogen and oxygen atoms in total. The molecular formula is C29H27NO6. The van der Waals surface area contributed by atoms with Crippen molar-refractivity contribution in [2.24, 2.45) is 5.92 Å². The summed E-state index contributed by atoms with van der Waals surface area (Å²) in [5, 5.41) is 2.96. The van der Waals surface area contributed by atoms with Crippen LogP contribution >= 0.6 is 0 Å². The summed E-state index contributed by atoms with van der Waals surface area (Å²) >= 11 is 0. The summed E-state index contributed by atoms with van der Waals surface area (Å²) in [6.07, 6.45) is 0.128. The number of amides is 1. The van der Waals surface area contributed by atoms with Gasteiger partial charge in [-0.25, -0.2) is 4.79 Å². The number of fused-ring (bicyclic) bond motifs is 1. The van der Waals surface area contributed by atoms with Gasteiger partial charge in [0, 0.05) is 17.0 Å². The van der Waals surface area contributed by atoms with Crippen LogP contribution in [0.1, 0.15) is 49.2 Å². The number of rotatable bonds is 6. The second-order valence-corrected chi connectivity index (χ2v) is 9.03. The molecule has 36 heavy (non-hydrogen) atoms. The lowest BCUT2D eigenvalue weighted by atomic mass is 9.81. The summed E-state index contributed by atoms with van der Waals surface area (Å²) in [4.78, 5) is 37.7. The maximum Gasteiger partial charge on any atom is 0.338 e. The van der Waals surface area contributed by atoms with Crippen molar-refractivity contribution in [2.75, 3.05) is 13.2 Å². The van der Waals surface area contributed by atoms with Gasteiger partial charge in [-0.1, -0.05) is 66.7 Å². The van der Waals surface area contributed by atoms with E-state index >= 15 is 0 Å². The van der Waals surface area contributed by atoms with Gasteiger partial charge in [0.25, 0.3) is 5.91 Å². The van der Waals surface area contributed by atoms with Crippen LogP contribution in [-0.2, 0) is 14.2 Å². The van der Waals surface area contributed by atoms with Gasteiger partial charge in [0.1, 0.15) is 6.10 Å². The zero-order chi connectivity index (χ0) is 24.9. The first-order chi connectivity index (χ1) is 17.6. The van der Waals surface area contributed by atoms with Crippen molar-refractivity contribution in [3.05, 3.63) is 107 Å². The normalized spacial score (nSPS) is 25.3. The van der Waals surface area contributed by atoms with Gasteiger partial charge in [-0.3, -0.25) is 9.59 Å². The van der Waals surface area contributed by atoms with Crippen molar-refractivity contribution in [3.63, 3.8) is 0 Å². The van der Waals surface area contributed by atoms with Gasteiger partial charge in [-0.2, -0.15) is 0 Å². The molecule has 2 fully saturated rings. The van der Waals surface area contributed by atoms with Crippen LogP contribution in [0.4, 0.5) is 0 Å². The maximum atomic E-state index is 13.1. The summed E-state index contributed by atoms with van der Waals surface area (Å²) in [5.41, 5.74) is 2.02.